The second kappa shape index (κ2) is 8.77. The summed E-state index contributed by atoms with van der Waals surface area (Å²) in [6, 6.07) is 12.5. The number of hydrogen-bond donors (Lipinski definition) is 0. The van der Waals surface area contributed by atoms with Crippen LogP contribution >= 0.6 is 0 Å². The summed E-state index contributed by atoms with van der Waals surface area (Å²) in [6.07, 6.45) is 1.19. The lowest BCUT2D eigenvalue weighted by atomic mass is 9.81. The second-order valence-corrected chi connectivity index (χ2v) is 8.64. The van der Waals surface area contributed by atoms with E-state index in [9.17, 15) is 22.8 Å². The Kier molecular flexibility index (Phi) is 6.31. The Hall–Kier alpha value is -3.39. The Bertz CT molecular complexity index is 1220. The van der Waals surface area contributed by atoms with Crippen LogP contribution in [0, 0.1) is 12.8 Å². The number of rotatable bonds is 6. The van der Waals surface area contributed by atoms with Crippen molar-refractivity contribution in [1.29, 1.82) is 0 Å². The number of sulfonamides is 1. The molecule has 31 heavy (non-hydrogen) atoms. The zero-order valence-corrected chi connectivity index (χ0v) is 18.1. The molecule has 1 unspecified atom stereocenters. The van der Waals surface area contributed by atoms with Crippen LogP contribution in [0.5, 0.6) is 0 Å². The molecule has 8 heteroatoms. The lowest BCUT2D eigenvalue weighted by Gasteiger charge is -2.21. The van der Waals surface area contributed by atoms with Gasteiger partial charge in [0.05, 0.1) is 17.2 Å². The summed E-state index contributed by atoms with van der Waals surface area (Å²) >= 11 is 0. The molecular weight excluding hydrogens is 418 g/mol. The fourth-order valence-electron chi connectivity index (χ4n) is 3.27. The quantitative estimate of drug-likeness (QED) is 0.506. The summed E-state index contributed by atoms with van der Waals surface area (Å²) < 4.78 is 34.7. The number of aryl methyl sites for hydroxylation is 1. The molecule has 1 atom stereocenters. The molecule has 3 rings (SSSR count). The molecule has 0 aromatic heterocycles. The van der Waals surface area contributed by atoms with E-state index in [2.05, 4.69) is 4.40 Å². The summed E-state index contributed by atoms with van der Waals surface area (Å²) in [6.45, 7) is 4.62. The van der Waals surface area contributed by atoms with Crippen LogP contribution in [0.3, 0.4) is 0 Å². The molecule has 7 nitrogen and oxygen atoms in total. The van der Waals surface area contributed by atoms with Crippen molar-refractivity contribution in [2.75, 3.05) is 6.61 Å². The van der Waals surface area contributed by atoms with E-state index in [4.69, 9.17) is 4.74 Å². The van der Waals surface area contributed by atoms with Crippen molar-refractivity contribution >= 4 is 33.3 Å². The van der Waals surface area contributed by atoms with Gasteiger partial charge < -0.3 is 4.74 Å². The first-order chi connectivity index (χ1) is 14.7. The number of carbonyl (C=O) groups excluding carboxylic acids is 3. The fourth-order valence-corrected chi connectivity index (χ4v) is 4.27. The number of carbonyl (C=O) groups is 3. The molecule has 0 amide bonds. The van der Waals surface area contributed by atoms with Crippen LogP contribution in [-0.4, -0.2) is 38.3 Å². The highest BCUT2D eigenvalue weighted by Crippen LogP contribution is 2.29. The third-order valence-corrected chi connectivity index (χ3v) is 6.08. The van der Waals surface area contributed by atoms with Crippen molar-refractivity contribution in [3.05, 3.63) is 76.9 Å². The maximum atomic E-state index is 13.1. The fraction of sp³-hybridized carbons (Fsp3) is 0.217. The molecule has 0 saturated heterocycles. The molecule has 0 fully saturated rings. The molecule has 1 aliphatic carbocycles. The first kappa shape index (κ1) is 22.3. The monoisotopic (exact) mass is 439 g/mol. The minimum absolute atomic E-state index is 0.0107. The number of esters is 1. The van der Waals surface area contributed by atoms with Crippen molar-refractivity contribution in [2.45, 2.75) is 25.7 Å². The molecule has 0 saturated carbocycles. The molecule has 0 bridgehead atoms. The molecule has 0 spiro atoms. The third-order valence-electron chi connectivity index (χ3n) is 4.78. The number of ketones is 2. The van der Waals surface area contributed by atoms with Crippen molar-refractivity contribution in [3.63, 3.8) is 0 Å². The predicted octanol–water partition coefficient (Wildman–Crippen LogP) is 3.06. The van der Waals surface area contributed by atoms with Gasteiger partial charge in [-0.15, -0.1) is 0 Å². The predicted molar refractivity (Wildman–Crippen MR) is 115 cm³/mol. The number of Topliss-reactive ketones (excluding diaryl/α,β-unsaturated/α-hetero) is 2. The van der Waals surface area contributed by atoms with Crippen LogP contribution < -0.4 is 0 Å². The minimum Gasteiger partial charge on any atom is -0.465 e. The van der Waals surface area contributed by atoms with E-state index in [0.717, 1.165) is 5.56 Å². The highest BCUT2D eigenvalue weighted by atomic mass is 32.2. The molecular formula is C23H21NO6S. The Balaban J connectivity index is 2.20. The van der Waals surface area contributed by atoms with Gasteiger partial charge in [0.25, 0.3) is 10.0 Å². The maximum absolute atomic E-state index is 13.1. The third kappa shape index (κ3) is 4.54. The number of allylic oxidation sites excluding steroid dienone is 1. The molecule has 0 N–H and O–H groups in total. The van der Waals surface area contributed by atoms with Crippen LogP contribution in [0.25, 0.3) is 0 Å². The van der Waals surface area contributed by atoms with Crippen LogP contribution in [0.15, 0.2) is 69.5 Å². The Labute approximate surface area is 180 Å². The van der Waals surface area contributed by atoms with E-state index in [-0.39, 0.29) is 28.4 Å². The summed E-state index contributed by atoms with van der Waals surface area (Å²) in [5.41, 5.74) is 1.16. The van der Waals surface area contributed by atoms with E-state index in [1.165, 1.54) is 31.2 Å². The van der Waals surface area contributed by atoms with Gasteiger partial charge in [-0.3, -0.25) is 14.4 Å². The zero-order chi connectivity index (χ0) is 22.8. The summed E-state index contributed by atoms with van der Waals surface area (Å²) in [7, 11) is -4.11. The summed E-state index contributed by atoms with van der Waals surface area (Å²) in [5.74, 6) is -3.46. The van der Waals surface area contributed by atoms with Gasteiger partial charge in [0, 0.05) is 16.7 Å². The molecule has 160 valence electrons. The molecule has 1 aliphatic rings. The topological polar surface area (TPSA) is 107 Å². The number of benzene rings is 2. The Morgan fingerprint density at radius 2 is 1.65 bits per heavy atom. The van der Waals surface area contributed by atoms with Crippen LogP contribution in [0.4, 0.5) is 0 Å². The van der Waals surface area contributed by atoms with Crippen LogP contribution in [-0.2, 0) is 24.3 Å². The largest absolute Gasteiger partial charge is 0.465 e. The number of hydrogen-bond acceptors (Lipinski definition) is 6. The van der Waals surface area contributed by atoms with Crippen LogP contribution in [0.2, 0.25) is 0 Å². The van der Waals surface area contributed by atoms with Gasteiger partial charge in [0.15, 0.2) is 5.78 Å². The van der Waals surface area contributed by atoms with Crippen molar-refractivity contribution in [2.24, 2.45) is 10.3 Å². The number of fused-ring (bicyclic) bond motifs is 1. The van der Waals surface area contributed by atoms with Gasteiger partial charge >= 0.3 is 5.97 Å². The molecule has 0 heterocycles. The number of nitrogens with zero attached hydrogens (tertiary/aromatic N) is 1. The lowest BCUT2D eigenvalue weighted by Crippen LogP contribution is -2.32. The summed E-state index contributed by atoms with van der Waals surface area (Å²) in [5, 5.41) is 0. The average molecular weight is 439 g/mol. The van der Waals surface area contributed by atoms with Gasteiger partial charge in [0.2, 0.25) is 0 Å². The minimum atomic E-state index is -4.11. The van der Waals surface area contributed by atoms with E-state index in [1.807, 2.05) is 6.92 Å². The van der Waals surface area contributed by atoms with Crippen molar-refractivity contribution in [3.8, 4) is 0 Å². The zero-order valence-electron chi connectivity index (χ0n) is 17.3. The SMILES string of the molecule is CCOC(=O)C(C(C)=O)C1=C/C(=N/S(=O)(=O)c2ccc(C)cc2)c2ccccc2C1=O. The molecule has 0 aliphatic heterocycles. The molecule has 2 aromatic carbocycles. The molecule has 0 radical (unpaired) electrons. The van der Waals surface area contributed by atoms with E-state index >= 15 is 0 Å². The van der Waals surface area contributed by atoms with E-state index in [0.29, 0.717) is 5.56 Å². The van der Waals surface area contributed by atoms with Gasteiger partial charge in [-0.1, -0.05) is 42.0 Å². The van der Waals surface area contributed by atoms with Crippen molar-refractivity contribution < 1.29 is 27.5 Å². The maximum Gasteiger partial charge on any atom is 0.321 e. The van der Waals surface area contributed by atoms with Crippen LogP contribution in [0.1, 0.15) is 35.3 Å². The highest BCUT2D eigenvalue weighted by molar-refractivity contribution is 7.90. The van der Waals surface area contributed by atoms with E-state index in [1.54, 1.807) is 37.3 Å². The van der Waals surface area contributed by atoms with Gasteiger partial charge in [-0.05, 0) is 39.0 Å². The average Bonchev–Trinajstić information content (AvgIpc) is 2.71. The standard InChI is InChI=1S/C23H21NO6S/c1-4-30-23(27)21(15(3)25)19-13-20(17-7-5-6-8-18(17)22(19)26)24-31(28,29)16-11-9-14(2)10-12-16/h5-13,21H,4H2,1-3H3/b24-20-. The highest BCUT2D eigenvalue weighted by Gasteiger charge is 2.37. The van der Waals surface area contributed by atoms with Gasteiger partial charge in [0.1, 0.15) is 11.7 Å². The number of ether oxygens (including phenoxy) is 1. The Morgan fingerprint density at radius 3 is 2.23 bits per heavy atom. The van der Waals surface area contributed by atoms with Gasteiger partial charge in [-0.25, -0.2) is 0 Å². The summed E-state index contributed by atoms with van der Waals surface area (Å²) in [4.78, 5) is 37.6. The van der Waals surface area contributed by atoms with E-state index < -0.39 is 33.5 Å². The van der Waals surface area contributed by atoms with Gasteiger partial charge in [-0.2, -0.15) is 12.8 Å². The molecule has 2 aromatic rings. The Morgan fingerprint density at radius 1 is 1.03 bits per heavy atom. The second-order valence-electron chi connectivity index (χ2n) is 7.03. The lowest BCUT2D eigenvalue weighted by molar-refractivity contribution is -0.149. The first-order valence-corrected chi connectivity index (χ1v) is 11.0. The smallest absolute Gasteiger partial charge is 0.321 e. The normalized spacial score (nSPS) is 15.8. The van der Waals surface area contributed by atoms with Crippen molar-refractivity contribution in [1.82, 2.24) is 0 Å². The first-order valence-electron chi connectivity index (χ1n) is 9.60.